The minimum Gasteiger partial charge on any atom is -0.501 e. The first kappa shape index (κ1) is 33.2. The van der Waals surface area contributed by atoms with Crippen LogP contribution in [0.25, 0.3) is 0 Å². The van der Waals surface area contributed by atoms with Crippen molar-refractivity contribution in [2.45, 2.75) is 125 Å². The van der Waals surface area contributed by atoms with Gasteiger partial charge in [0.1, 0.15) is 6.10 Å². The van der Waals surface area contributed by atoms with Crippen LogP contribution < -0.4 is 0 Å². The SMILES string of the molecule is CO/C(C)=C1/CC[C@](C)(O)[C@@](C)(CC/C=C(\C)[C@H](C/C=C(\C)CCC=C(C)C)OC(C)=O)[C@@H]1CCCO. The third kappa shape index (κ3) is 10.1. The van der Waals surface area contributed by atoms with Crippen molar-refractivity contribution in [2.75, 3.05) is 13.7 Å². The molecule has 1 rings (SSSR count). The molecule has 0 aromatic carbocycles. The maximum Gasteiger partial charge on any atom is 0.303 e. The molecule has 0 amide bonds. The summed E-state index contributed by atoms with van der Waals surface area (Å²) in [5.41, 5.74) is 3.73. The van der Waals surface area contributed by atoms with E-state index in [9.17, 15) is 15.0 Å². The molecule has 1 aliphatic rings. The van der Waals surface area contributed by atoms with E-state index in [-0.39, 0.29) is 30.0 Å². The largest absolute Gasteiger partial charge is 0.501 e. The number of aliphatic hydroxyl groups is 2. The van der Waals surface area contributed by atoms with Gasteiger partial charge in [0.25, 0.3) is 0 Å². The highest BCUT2D eigenvalue weighted by molar-refractivity contribution is 5.66. The minimum atomic E-state index is -0.827. The maximum atomic E-state index is 11.8. The zero-order chi connectivity index (χ0) is 28.2. The number of carbonyl (C=O) groups is 1. The van der Waals surface area contributed by atoms with Gasteiger partial charge in [0, 0.05) is 25.4 Å². The highest BCUT2D eigenvalue weighted by Crippen LogP contribution is 2.55. The number of allylic oxidation sites excluding steroid dienone is 6. The Bertz CT molecular complexity index is 856. The van der Waals surface area contributed by atoms with Crippen molar-refractivity contribution < 1.29 is 24.5 Å². The lowest BCUT2D eigenvalue weighted by atomic mass is 9.54. The molecule has 0 bridgehead atoms. The Morgan fingerprint density at radius 1 is 1.08 bits per heavy atom. The van der Waals surface area contributed by atoms with Gasteiger partial charge in [-0.2, -0.15) is 0 Å². The van der Waals surface area contributed by atoms with Crippen molar-refractivity contribution in [2.24, 2.45) is 11.3 Å². The molecule has 37 heavy (non-hydrogen) atoms. The number of aliphatic hydroxyl groups excluding tert-OH is 1. The summed E-state index contributed by atoms with van der Waals surface area (Å²) >= 11 is 0. The first-order chi connectivity index (χ1) is 17.3. The van der Waals surface area contributed by atoms with E-state index >= 15 is 0 Å². The summed E-state index contributed by atoms with van der Waals surface area (Å²) < 4.78 is 11.3. The predicted octanol–water partition coefficient (Wildman–Crippen LogP) is 7.59. The van der Waals surface area contributed by atoms with Gasteiger partial charge >= 0.3 is 5.97 Å². The Morgan fingerprint density at radius 3 is 2.32 bits per heavy atom. The summed E-state index contributed by atoms with van der Waals surface area (Å²) in [7, 11) is 1.70. The van der Waals surface area contributed by atoms with Gasteiger partial charge in [-0.3, -0.25) is 4.79 Å². The summed E-state index contributed by atoms with van der Waals surface area (Å²) in [4.78, 5) is 11.8. The molecule has 5 heteroatoms. The highest BCUT2D eigenvalue weighted by Gasteiger charge is 2.52. The summed E-state index contributed by atoms with van der Waals surface area (Å²) in [5, 5.41) is 21.1. The highest BCUT2D eigenvalue weighted by atomic mass is 16.5. The second-order valence-electron chi connectivity index (χ2n) is 11.6. The van der Waals surface area contributed by atoms with Crippen LogP contribution in [0.3, 0.4) is 0 Å². The number of hydrogen-bond acceptors (Lipinski definition) is 5. The molecule has 1 fully saturated rings. The van der Waals surface area contributed by atoms with Crippen LogP contribution in [0.1, 0.15) is 113 Å². The van der Waals surface area contributed by atoms with Crippen LogP contribution in [0.4, 0.5) is 0 Å². The molecule has 0 saturated heterocycles. The molecular formula is C32H54O5. The predicted molar refractivity (Wildman–Crippen MR) is 153 cm³/mol. The third-order valence-electron chi connectivity index (χ3n) is 8.43. The number of esters is 1. The van der Waals surface area contributed by atoms with E-state index in [1.165, 1.54) is 23.6 Å². The maximum absolute atomic E-state index is 11.8. The van der Waals surface area contributed by atoms with Crippen LogP contribution in [0.15, 0.2) is 46.3 Å². The molecule has 212 valence electrons. The summed E-state index contributed by atoms with van der Waals surface area (Å²) in [6.45, 7) is 16.1. The van der Waals surface area contributed by atoms with Crippen molar-refractivity contribution in [1.29, 1.82) is 0 Å². The molecule has 0 heterocycles. The van der Waals surface area contributed by atoms with Gasteiger partial charge < -0.3 is 19.7 Å². The quantitative estimate of drug-likeness (QED) is 0.141. The summed E-state index contributed by atoms with van der Waals surface area (Å²) in [6, 6.07) is 0. The lowest BCUT2D eigenvalue weighted by molar-refractivity contribution is -0.144. The van der Waals surface area contributed by atoms with Crippen molar-refractivity contribution >= 4 is 5.97 Å². The average Bonchev–Trinajstić information content (AvgIpc) is 2.81. The number of methoxy groups -OCH3 is 1. The molecule has 0 aromatic rings. The molecule has 5 nitrogen and oxygen atoms in total. The van der Waals surface area contributed by atoms with Gasteiger partial charge in [-0.25, -0.2) is 0 Å². The van der Waals surface area contributed by atoms with Gasteiger partial charge in [0.15, 0.2) is 0 Å². The number of ether oxygens (including phenoxy) is 2. The van der Waals surface area contributed by atoms with E-state index in [1.807, 2.05) is 20.8 Å². The topological polar surface area (TPSA) is 76.0 Å². The second kappa shape index (κ2) is 15.5. The number of carbonyl (C=O) groups excluding carboxylic acids is 1. The van der Waals surface area contributed by atoms with E-state index in [0.29, 0.717) is 19.3 Å². The smallest absolute Gasteiger partial charge is 0.303 e. The molecule has 2 N–H and O–H groups in total. The van der Waals surface area contributed by atoms with Gasteiger partial charge in [-0.15, -0.1) is 0 Å². The molecule has 4 atom stereocenters. The van der Waals surface area contributed by atoms with Crippen LogP contribution in [-0.2, 0) is 14.3 Å². The fourth-order valence-electron chi connectivity index (χ4n) is 5.64. The molecule has 0 radical (unpaired) electrons. The van der Waals surface area contributed by atoms with Crippen LogP contribution in [-0.4, -0.2) is 41.6 Å². The van der Waals surface area contributed by atoms with Crippen molar-refractivity contribution in [3.8, 4) is 0 Å². The van der Waals surface area contributed by atoms with E-state index in [1.54, 1.807) is 7.11 Å². The summed E-state index contributed by atoms with van der Waals surface area (Å²) in [5.74, 6) is 0.787. The molecular weight excluding hydrogens is 464 g/mol. The molecule has 0 aliphatic heterocycles. The average molecular weight is 519 g/mol. The Morgan fingerprint density at radius 2 is 1.76 bits per heavy atom. The van der Waals surface area contributed by atoms with Crippen LogP contribution >= 0.6 is 0 Å². The lowest BCUT2D eigenvalue weighted by Crippen LogP contribution is -2.52. The van der Waals surface area contributed by atoms with Gasteiger partial charge in [0.2, 0.25) is 0 Å². The van der Waals surface area contributed by atoms with Gasteiger partial charge in [-0.1, -0.05) is 36.3 Å². The molecule has 0 spiro atoms. The van der Waals surface area contributed by atoms with Gasteiger partial charge in [-0.05, 0) is 110 Å². The first-order valence-electron chi connectivity index (χ1n) is 14.0. The fourth-order valence-corrected chi connectivity index (χ4v) is 5.64. The van der Waals surface area contributed by atoms with E-state index in [2.05, 4.69) is 45.9 Å². The van der Waals surface area contributed by atoms with Crippen molar-refractivity contribution in [3.05, 3.63) is 46.3 Å². The van der Waals surface area contributed by atoms with Crippen LogP contribution in [0.5, 0.6) is 0 Å². The third-order valence-corrected chi connectivity index (χ3v) is 8.43. The van der Waals surface area contributed by atoms with E-state index in [4.69, 9.17) is 9.47 Å². The monoisotopic (exact) mass is 518 g/mol. The first-order valence-corrected chi connectivity index (χ1v) is 14.0. The molecule has 1 aliphatic carbocycles. The van der Waals surface area contributed by atoms with Crippen molar-refractivity contribution in [1.82, 2.24) is 0 Å². The summed E-state index contributed by atoms with van der Waals surface area (Å²) in [6.07, 6.45) is 13.6. The minimum absolute atomic E-state index is 0.132. The Kier molecular flexibility index (Phi) is 13.9. The van der Waals surface area contributed by atoms with Crippen LogP contribution in [0, 0.1) is 11.3 Å². The van der Waals surface area contributed by atoms with E-state index < -0.39 is 5.60 Å². The molecule has 0 unspecified atom stereocenters. The normalized spacial score (nSPS) is 26.9. The Hall–Kier alpha value is -1.85. The zero-order valence-corrected chi connectivity index (χ0v) is 25.1. The number of hydrogen-bond donors (Lipinski definition) is 2. The molecule has 0 aromatic heterocycles. The Balaban J connectivity index is 3.10. The second-order valence-corrected chi connectivity index (χ2v) is 11.6. The zero-order valence-electron chi connectivity index (χ0n) is 25.1. The molecule has 1 saturated carbocycles. The number of rotatable bonds is 14. The fraction of sp³-hybridized carbons (Fsp3) is 0.719. The lowest BCUT2D eigenvalue weighted by Gasteiger charge is -2.53. The van der Waals surface area contributed by atoms with Crippen LogP contribution in [0.2, 0.25) is 0 Å². The standard InChI is InChI=1S/C32H54O5/c1-23(2)13-10-14-24(3)17-18-30(37-27(6)34)25(4)15-11-20-31(7)29(16-12-22-33)28(26(5)36-9)19-21-32(31,8)35/h13,15,17,29-30,33,35H,10-12,14,16,18-22H2,1-9H3/b24-17+,25-15+,28-26-/t29-,30+,31+,32+/m1/s1. The van der Waals surface area contributed by atoms with Gasteiger partial charge in [0.05, 0.1) is 18.5 Å². The Labute approximate surface area is 226 Å². The van der Waals surface area contributed by atoms with E-state index in [0.717, 1.165) is 49.9 Å². The van der Waals surface area contributed by atoms with Crippen molar-refractivity contribution in [3.63, 3.8) is 0 Å².